The summed E-state index contributed by atoms with van der Waals surface area (Å²) in [5, 5.41) is 11.7. The Morgan fingerprint density at radius 2 is 2.00 bits per heavy atom. The van der Waals surface area contributed by atoms with Crippen molar-refractivity contribution < 1.29 is 18.7 Å². The van der Waals surface area contributed by atoms with Crippen molar-refractivity contribution >= 4 is 23.6 Å². The molecule has 1 aliphatic carbocycles. The largest absolute Gasteiger partial charge is 0.444 e. The molecule has 1 unspecified atom stereocenters. The molecule has 1 saturated heterocycles. The first kappa shape index (κ1) is 22.3. The van der Waals surface area contributed by atoms with E-state index in [1.54, 1.807) is 24.0 Å². The van der Waals surface area contributed by atoms with Crippen LogP contribution in [0, 0.1) is 12.8 Å². The molecule has 2 amide bonds. The van der Waals surface area contributed by atoms with Crippen LogP contribution in [0.2, 0.25) is 0 Å². The summed E-state index contributed by atoms with van der Waals surface area (Å²) in [5.41, 5.74) is 0.104. The third-order valence-electron chi connectivity index (χ3n) is 5.10. The fourth-order valence-corrected chi connectivity index (χ4v) is 3.79. The number of ether oxygens (including phenoxy) is 1. The molecule has 30 heavy (non-hydrogen) atoms. The van der Waals surface area contributed by atoms with Gasteiger partial charge in [0.25, 0.3) is 0 Å². The lowest BCUT2D eigenvalue weighted by Crippen LogP contribution is -2.42. The number of halogens is 1. The number of nitrogens with one attached hydrogen (secondary N) is 1. The van der Waals surface area contributed by atoms with Gasteiger partial charge in [-0.3, -0.25) is 4.79 Å². The Balaban J connectivity index is 1.59. The molecule has 1 fully saturated rings. The van der Waals surface area contributed by atoms with Crippen molar-refractivity contribution in [3.8, 4) is 0 Å². The standard InChI is InChI=1S/C21H29ClN4O4/c1-13-24-25-19(29-13)17(23-18(27)15-5-6-16(22)12-15)11-14-7-9-26(10-8-14)20(28)30-21(2,3)4/h5-6,14,17H,7-12H2,1-4H3,(H,23,27). The molecule has 1 aliphatic heterocycles. The molecule has 0 radical (unpaired) electrons. The van der Waals surface area contributed by atoms with Crippen molar-refractivity contribution in [3.05, 3.63) is 34.5 Å². The van der Waals surface area contributed by atoms with Gasteiger partial charge in [0, 0.05) is 37.0 Å². The molecule has 1 atom stereocenters. The first-order valence-electron chi connectivity index (χ1n) is 10.2. The Morgan fingerprint density at radius 3 is 2.53 bits per heavy atom. The number of aryl methyl sites for hydroxylation is 1. The molecule has 0 aromatic carbocycles. The molecule has 164 valence electrons. The van der Waals surface area contributed by atoms with E-state index in [0.717, 1.165) is 12.8 Å². The van der Waals surface area contributed by atoms with E-state index in [1.165, 1.54) is 0 Å². The minimum Gasteiger partial charge on any atom is -0.444 e. The highest BCUT2D eigenvalue weighted by atomic mass is 35.5. The fraction of sp³-hybridized carbons (Fsp3) is 0.619. The van der Waals surface area contributed by atoms with Gasteiger partial charge in [-0.05, 0) is 52.0 Å². The van der Waals surface area contributed by atoms with Gasteiger partial charge < -0.3 is 19.4 Å². The third kappa shape index (κ3) is 6.08. The molecular formula is C21H29ClN4O4. The minimum absolute atomic E-state index is 0.186. The second-order valence-electron chi connectivity index (χ2n) is 8.81. The molecule has 0 saturated carbocycles. The summed E-state index contributed by atoms with van der Waals surface area (Å²) in [6.45, 7) is 8.54. The second-order valence-corrected chi connectivity index (χ2v) is 9.30. The van der Waals surface area contributed by atoms with E-state index < -0.39 is 11.6 Å². The van der Waals surface area contributed by atoms with Crippen LogP contribution in [0.1, 0.15) is 64.3 Å². The number of piperidine rings is 1. The summed E-state index contributed by atoms with van der Waals surface area (Å²) < 4.78 is 11.1. The van der Waals surface area contributed by atoms with E-state index >= 15 is 0 Å². The summed E-state index contributed by atoms with van der Waals surface area (Å²) in [6.07, 6.45) is 5.89. The normalized spacial score (nSPS) is 18.6. The van der Waals surface area contributed by atoms with Crippen molar-refractivity contribution in [1.82, 2.24) is 20.4 Å². The van der Waals surface area contributed by atoms with Gasteiger partial charge in [0.2, 0.25) is 17.7 Å². The van der Waals surface area contributed by atoms with E-state index in [4.69, 9.17) is 20.8 Å². The maximum absolute atomic E-state index is 12.7. The Kier molecular flexibility index (Phi) is 6.85. The molecule has 0 bridgehead atoms. The molecule has 0 spiro atoms. The highest BCUT2D eigenvalue weighted by Gasteiger charge is 2.31. The number of allylic oxidation sites excluding steroid dienone is 3. The Bertz CT molecular complexity index is 847. The lowest BCUT2D eigenvalue weighted by Gasteiger charge is -2.34. The topological polar surface area (TPSA) is 97.6 Å². The number of hydrogen-bond donors (Lipinski definition) is 1. The van der Waals surface area contributed by atoms with Gasteiger partial charge in [0.1, 0.15) is 11.6 Å². The Morgan fingerprint density at radius 1 is 1.30 bits per heavy atom. The Hall–Kier alpha value is -2.35. The predicted molar refractivity (Wildman–Crippen MR) is 112 cm³/mol. The van der Waals surface area contributed by atoms with E-state index in [0.29, 0.717) is 54.2 Å². The zero-order chi connectivity index (χ0) is 21.9. The van der Waals surface area contributed by atoms with Gasteiger partial charge >= 0.3 is 6.09 Å². The van der Waals surface area contributed by atoms with Gasteiger partial charge in [-0.15, -0.1) is 10.2 Å². The van der Waals surface area contributed by atoms with Gasteiger partial charge in [0.15, 0.2) is 0 Å². The summed E-state index contributed by atoms with van der Waals surface area (Å²) in [4.78, 5) is 26.7. The number of amides is 2. The second kappa shape index (κ2) is 9.20. The van der Waals surface area contributed by atoms with Crippen LogP contribution < -0.4 is 5.32 Å². The van der Waals surface area contributed by atoms with Gasteiger partial charge in [-0.25, -0.2) is 4.79 Å². The molecule has 8 nitrogen and oxygen atoms in total. The summed E-state index contributed by atoms with van der Waals surface area (Å²) in [6, 6.07) is -0.392. The first-order valence-corrected chi connectivity index (χ1v) is 10.6. The van der Waals surface area contributed by atoms with Crippen molar-refractivity contribution in [2.24, 2.45) is 5.92 Å². The number of nitrogens with zero attached hydrogens (tertiary/aromatic N) is 3. The van der Waals surface area contributed by atoms with Gasteiger partial charge in [0.05, 0.1) is 0 Å². The van der Waals surface area contributed by atoms with Crippen molar-refractivity contribution in [2.75, 3.05) is 13.1 Å². The zero-order valence-electron chi connectivity index (χ0n) is 17.9. The maximum Gasteiger partial charge on any atom is 0.410 e. The van der Waals surface area contributed by atoms with Crippen LogP contribution in [-0.2, 0) is 9.53 Å². The monoisotopic (exact) mass is 436 g/mol. The number of hydrogen-bond acceptors (Lipinski definition) is 6. The fourth-order valence-electron chi connectivity index (χ4n) is 3.58. The van der Waals surface area contributed by atoms with E-state index in [-0.39, 0.29) is 12.0 Å². The molecule has 1 aromatic rings. The van der Waals surface area contributed by atoms with Crippen LogP contribution >= 0.6 is 11.6 Å². The minimum atomic E-state index is -0.508. The van der Waals surface area contributed by atoms with Crippen molar-refractivity contribution in [1.29, 1.82) is 0 Å². The SMILES string of the molecule is Cc1nnc(C(CC2CCN(C(=O)OC(C)(C)C)CC2)NC(=O)C2=CC=C(Cl)C2)o1. The summed E-state index contributed by atoms with van der Waals surface area (Å²) in [7, 11) is 0. The van der Waals surface area contributed by atoms with Crippen LogP contribution in [0.3, 0.4) is 0 Å². The Labute approximate surface area is 181 Å². The average Bonchev–Trinajstić information content (AvgIpc) is 3.29. The van der Waals surface area contributed by atoms with Gasteiger partial charge in [-0.2, -0.15) is 0 Å². The summed E-state index contributed by atoms with van der Waals surface area (Å²) in [5.74, 6) is 0.969. The number of likely N-dealkylation sites (tertiary alicyclic amines) is 1. The summed E-state index contributed by atoms with van der Waals surface area (Å²) >= 11 is 5.99. The molecule has 2 aliphatic rings. The molecule has 1 aromatic heterocycles. The lowest BCUT2D eigenvalue weighted by molar-refractivity contribution is -0.118. The van der Waals surface area contributed by atoms with Crippen LogP contribution in [0.25, 0.3) is 0 Å². The van der Waals surface area contributed by atoms with Crippen LogP contribution in [0.15, 0.2) is 27.2 Å². The number of carbonyl (C=O) groups is 2. The smallest absolute Gasteiger partial charge is 0.410 e. The van der Waals surface area contributed by atoms with Crippen LogP contribution in [0.4, 0.5) is 4.79 Å². The van der Waals surface area contributed by atoms with Crippen LogP contribution in [0.5, 0.6) is 0 Å². The average molecular weight is 437 g/mol. The quantitative estimate of drug-likeness (QED) is 0.748. The number of carbonyl (C=O) groups excluding carboxylic acids is 2. The highest BCUT2D eigenvalue weighted by Crippen LogP contribution is 2.30. The first-order chi connectivity index (χ1) is 14.1. The van der Waals surface area contributed by atoms with E-state index in [9.17, 15) is 9.59 Å². The molecule has 3 rings (SSSR count). The zero-order valence-corrected chi connectivity index (χ0v) is 18.7. The number of rotatable bonds is 5. The predicted octanol–water partition coefficient (Wildman–Crippen LogP) is 4.03. The van der Waals surface area contributed by atoms with Crippen molar-refractivity contribution in [3.63, 3.8) is 0 Å². The molecule has 1 N–H and O–H groups in total. The van der Waals surface area contributed by atoms with Gasteiger partial charge in [-0.1, -0.05) is 17.7 Å². The molecule has 9 heteroatoms. The lowest BCUT2D eigenvalue weighted by atomic mass is 9.90. The van der Waals surface area contributed by atoms with Crippen LogP contribution in [-0.4, -0.2) is 45.8 Å². The number of aromatic nitrogens is 2. The third-order valence-corrected chi connectivity index (χ3v) is 5.36. The van der Waals surface area contributed by atoms with Crippen molar-refractivity contribution in [2.45, 2.75) is 65.0 Å². The van der Waals surface area contributed by atoms with E-state index in [1.807, 2.05) is 20.8 Å². The molecule has 2 heterocycles. The highest BCUT2D eigenvalue weighted by molar-refractivity contribution is 6.30. The molecular weight excluding hydrogens is 408 g/mol. The van der Waals surface area contributed by atoms with E-state index in [2.05, 4.69) is 15.5 Å². The maximum atomic E-state index is 12.7.